The summed E-state index contributed by atoms with van der Waals surface area (Å²) in [5.74, 6) is 0.478. The molecule has 1 aromatic heterocycles. The second-order valence-corrected chi connectivity index (χ2v) is 6.00. The number of para-hydroxylation sites is 1. The summed E-state index contributed by atoms with van der Waals surface area (Å²) in [6, 6.07) is 13.1. The highest BCUT2D eigenvalue weighted by Crippen LogP contribution is 2.21. The van der Waals surface area contributed by atoms with E-state index in [0.717, 1.165) is 25.8 Å². The van der Waals surface area contributed by atoms with Crippen LogP contribution in [0.25, 0.3) is 10.9 Å². The first kappa shape index (κ1) is 15.5. The molecule has 0 atom stereocenters. The van der Waals surface area contributed by atoms with Gasteiger partial charge in [0.05, 0.1) is 16.9 Å². The number of benzene rings is 2. The fourth-order valence-electron chi connectivity index (χ4n) is 2.23. The number of amides is 1. The summed E-state index contributed by atoms with van der Waals surface area (Å²) >= 11 is 2.13. The van der Waals surface area contributed by atoms with E-state index in [0.29, 0.717) is 5.56 Å². The zero-order chi connectivity index (χ0) is 16.2. The molecule has 3 rings (SSSR count). The van der Waals surface area contributed by atoms with Crippen molar-refractivity contribution in [1.29, 1.82) is 0 Å². The van der Waals surface area contributed by atoms with Crippen molar-refractivity contribution < 1.29 is 9.53 Å². The van der Waals surface area contributed by atoms with Gasteiger partial charge in [-0.05, 0) is 46.9 Å². The third-order valence-corrected chi connectivity index (χ3v) is 4.25. The Morgan fingerprint density at radius 3 is 2.91 bits per heavy atom. The molecule has 1 amide bonds. The van der Waals surface area contributed by atoms with Gasteiger partial charge in [0.2, 0.25) is 0 Å². The van der Waals surface area contributed by atoms with E-state index in [1.165, 1.54) is 0 Å². The van der Waals surface area contributed by atoms with Gasteiger partial charge in [-0.15, -0.1) is 0 Å². The number of aromatic nitrogens is 1. The van der Waals surface area contributed by atoms with Gasteiger partial charge in [-0.2, -0.15) is 5.10 Å². The maximum atomic E-state index is 12.1. The summed E-state index contributed by atoms with van der Waals surface area (Å²) in [5.41, 5.74) is 5.03. The molecule has 1 heterocycles. The van der Waals surface area contributed by atoms with Crippen molar-refractivity contribution in [1.82, 2.24) is 10.4 Å². The molecule has 0 bridgehead atoms. The maximum absolute atomic E-state index is 12.1. The van der Waals surface area contributed by atoms with Gasteiger partial charge in [-0.3, -0.25) is 4.79 Å². The molecule has 0 saturated heterocycles. The number of hydrazone groups is 1. The normalized spacial score (nSPS) is 11.0. The summed E-state index contributed by atoms with van der Waals surface area (Å²) < 4.78 is 6.05. The zero-order valence-corrected chi connectivity index (χ0v) is 14.5. The Kier molecular flexibility index (Phi) is 4.61. The predicted molar refractivity (Wildman–Crippen MR) is 99.1 cm³/mol. The van der Waals surface area contributed by atoms with Crippen molar-refractivity contribution in [3.05, 3.63) is 63.4 Å². The number of ether oxygens (including phenoxy) is 1. The standard InChI is InChI=1S/C17H14IN3O2/c1-23-16-7-6-11(8-14(16)18)17(22)21-20-10-12-9-19-15-5-3-2-4-13(12)15/h2-10,19H,1H3,(H,21,22)/b20-10+. The van der Waals surface area contributed by atoms with E-state index in [9.17, 15) is 4.79 Å². The Hall–Kier alpha value is -2.35. The minimum absolute atomic E-state index is 0.262. The Morgan fingerprint density at radius 1 is 1.30 bits per heavy atom. The van der Waals surface area contributed by atoms with Crippen molar-refractivity contribution in [2.75, 3.05) is 7.11 Å². The van der Waals surface area contributed by atoms with Crippen molar-refractivity contribution in [3.8, 4) is 5.75 Å². The van der Waals surface area contributed by atoms with Crippen LogP contribution in [0.4, 0.5) is 0 Å². The summed E-state index contributed by atoms with van der Waals surface area (Å²) in [5, 5.41) is 5.09. The number of nitrogens with one attached hydrogen (secondary N) is 2. The highest BCUT2D eigenvalue weighted by Gasteiger charge is 2.08. The number of rotatable bonds is 4. The number of hydrogen-bond acceptors (Lipinski definition) is 3. The van der Waals surface area contributed by atoms with Crippen LogP contribution in [0.5, 0.6) is 5.75 Å². The van der Waals surface area contributed by atoms with E-state index in [1.54, 1.807) is 31.5 Å². The smallest absolute Gasteiger partial charge is 0.271 e. The molecular formula is C17H14IN3O2. The fraction of sp³-hybridized carbons (Fsp3) is 0.0588. The highest BCUT2D eigenvalue weighted by molar-refractivity contribution is 14.1. The molecule has 0 fully saturated rings. The number of halogens is 1. The summed E-state index contributed by atoms with van der Waals surface area (Å²) in [7, 11) is 1.60. The maximum Gasteiger partial charge on any atom is 0.271 e. The molecule has 0 aliphatic rings. The minimum atomic E-state index is -0.262. The molecular weight excluding hydrogens is 405 g/mol. The molecule has 0 saturated carbocycles. The molecule has 5 nitrogen and oxygen atoms in total. The number of carbonyl (C=O) groups excluding carboxylic acids is 1. The van der Waals surface area contributed by atoms with Crippen molar-refractivity contribution in [2.24, 2.45) is 5.10 Å². The lowest BCUT2D eigenvalue weighted by Gasteiger charge is -2.05. The molecule has 0 spiro atoms. The van der Waals surface area contributed by atoms with Gasteiger partial charge in [-0.1, -0.05) is 18.2 Å². The molecule has 116 valence electrons. The van der Waals surface area contributed by atoms with Gasteiger partial charge in [0.25, 0.3) is 5.91 Å². The average Bonchev–Trinajstić information content (AvgIpc) is 2.98. The Labute approximate surface area is 146 Å². The highest BCUT2D eigenvalue weighted by atomic mass is 127. The number of nitrogens with zero attached hydrogens (tertiary/aromatic N) is 1. The van der Waals surface area contributed by atoms with E-state index >= 15 is 0 Å². The molecule has 3 aromatic rings. The molecule has 23 heavy (non-hydrogen) atoms. The van der Waals surface area contributed by atoms with Crippen molar-refractivity contribution in [2.45, 2.75) is 0 Å². The van der Waals surface area contributed by atoms with E-state index in [2.05, 4.69) is 38.1 Å². The lowest BCUT2D eigenvalue weighted by atomic mass is 10.2. The van der Waals surface area contributed by atoms with Crippen molar-refractivity contribution >= 4 is 45.6 Å². The number of methoxy groups -OCH3 is 1. The van der Waals surface area contributed by atoms with E-state index in [4.69, 9.17) is 4.74 Å². The third kappa shape index (κ3) is 3.37. The summed E-state index contributed by atoms with van der Waals surface area (Å²) in [6.45, 7) is 0. The predicted octanol–water partition coefficient (Wildman–Crippen LogP) is 3.55. The number of H-pyrrole nitrogens is 1. The van der Waals surface area contributed by atoms with Gasteiger partial charge >= 0.3 is 0 Å². The Morgan fingerprint density at radius 2 is 2.13 bits per heavy atom. The largest absolute Gasteiger partial charge is 0.496 e. The van der Waals surface area contributed by atoms with Gasteiger partial charge in [0.15, 0.2) is 0 Å². The minimum Gasteiger partial charge on any atom is -0.496 e. The fourth-order valence-corrected chi connectivity index (χ4v) is 2.97. The van der Waals surface area contributed by atoms with Gasteiger partial charge in [0, 0.05) is 28.2 Å². The summed E-state index contributed by atoms with van der Waals surface area (Å²) in [6.07, 6.45) is 3.49. The second-order valence-electron chi connectivity index (χ2n) is 4.84. The van der Waals surface area contributed by atoms with Gasteiger partial charge < -0.3 is 9.72 Å². The van der Waals surface area contributed by atoms with Crippen LogP contribution in [0.3, 0.4) is 0 Å². The van der Waals surface area contributed by atoms with Crippen LogP contribution in [-0.2, 0) is 0 Å². The van der Waals surface area contributed by atoms with Gasteiger partial charge in [0.1, 0.15) is 5.75 Å². The molecule has 0 aliphatic carbocycles. The Balaban J connectivity index is 1.72. The van der Waals surface area contributed by atoms with Crippen LogP contribution in [-0.4, -0.2) is 24.2 Å². The topological polar surface area (TPSA) is 66.5 Å². The lowest BCUT2D eigenvalue weighted by Crippen LogP contribution is -2.17. The average molecular weight is 419 g/mol. The molecule has 2 N–H and O–H groups in total. The van der Waals surface area contributed by atoms with Crippen LogP contribution in [0.2, 0.25) is 0 Å². The van der Waals surface area contributed by atoms with Crippen molar-refractivity contribution in [3.63, 3.8) is 0 Å². The summed E-state index contributed by atoms with van der Waals surface area (Å²) in [4.78, 5) is 15.3. The van der Waals surface area contributed by atoms with Gasteiger partial charge in [-0.25, -0.2) is 5.43 Å². The molecule has 0 aliphatic heterocycles. The van der Waals surface area contributed by atoms with E-state index < -0.39 is 0 Å². The van der Waals surface area contributed by atoms with Crippen LogP contribution in [0, 0.1) is 3.57 Å². The second kappa shape index (κ2) is 6.82. The monoisotopic (exact) mass is 419 g/mol. The quantitative estimate of drug-likeness (QED) is 0.386. The van der Waals surface area contributed by atoms with E-state index in [1.807, 2.05) is 30.5 Å². The molecule has 0 radical (unpaired) electrons. The van der Waals surface area contributed by atoms with E-state index in [-0.39, 0.29) is 5.91 Å². The van der Waals surface area contributed by atoms with Crippen LogP contribution < -0.4 is 10.2 Å². The SMILES string of the molecule is COc1ccc(C(=O)N/N=C/c2c[nH]c3ccccc23)cc1I. The first-order valence-corrected chi connectivity index (χ1v) is 8.00. The lowest BCUT2D eigenvalue weighted by molar-refractivity contribution is 0.0955. The molecule has 2 aromatic carbocycles. The Bertz CT molecular complexity index is 886. The van der Waals surface area contributed by atoms with Crippen LogP contribution >= 0.6 is 22.6 Å². The van der Waals surface area contributed by atoms with Crippen LogP contribution in [0.1, 0.15) is 15.9 Å². The first-order valence-electron chi connectivity index (χ1n) is 6.92. The number of aromatic amines is 1. The zero-order valence-electron chi connectivity index (χ0n) is 12.3. The number of fused-ring (bicyclic) bond motifs is 1. The number of hydrogen-bond donors (Lipinski definition) is 2. The third-order valence-electron chi connectivity index (χ3n) is 3.40. The first-order chi connectivity index (χ1) is 11.2. The molecule has 6 heteroatoms. The number of carbonyl (C=O) groups is 1. The van der Waals surface area contributed by atoms with Crippen LogP contribution in [0.15, 0.2) is 53.8 Å². The molecule has 0 unspecified atom stereocenters.